The Morgan fingerprint density at radius 3 is 2.58 bits per heavy atom. The van der Waals surface area contributed by atoms with Gasteiger partial charge in [-0.05, 0) is 46.6 Å². The van der Waals surface area contributed by atoms with E-state index in [1.54, 1.807) is 0 Å². The van der Waals surface area contributed by atoms with Crippen molar-refractivity contribution in [2.24, 2.45) is 5.92 Å². The lowest BCUT2D eigenvalue weighted by atomic mass is 10.0. The van der Waals surface area contributed by atoms with E-state index in [4.69, 9.17) is 0 Å². The number of hydrogen-bond donors (Lipinski definition) is 1. The fraction of sp³-hybridized carbons (Fsp3) is 0.812. The van der Waals surface area contributed by atoms with Crippen molar-refractivity contribution >= 4 is 0 Å². The van der Waals surface area contributed by atoms with Crippen LogP contribution in [0.3, 0.4) is 0 Å². The van der Waals surface area contributed by atoms with Gasteiger partial charge in [-0.3, -0.25) is 4.68 Å². The van der Waals surface area contributed by atoms with Crippen LogP contribution in [-0.2, 0) is 6.54 Å². The maximum atomic E-state index is 4.61. The van der Waals surface area contributed by atoms with Gasteiger partial charge < -0.3 is 5.32 Å². The van der Waals surface area contributed by atoms with Gasteiger partial charge in [0, 0.05) is 23.8 Å². The number of nitrogens with zero attached hydrogens (tertiary/aromatic N) is 2. The van der Waals surface area contributed by atoms with E-state index < -0.39 is 0 Å². The van der Waals surface area contributed by atoms with Crippen molar-refractivity contribution in [1.82, 2.24) is 15.1 Å². The molecule has 0 bridgehead atoms. The van der Waals surface area contributed by atoms with Crippen LogP contribution in [-0.4, -0.2) is 16.3 Å². The minimum atomic E-state index is 0.418. The van der Waals surface area contributed by atoms with Crippen molar-refractivity contribution in [3.8, 4) is 0 Å². The third-order valence-corrected chi connectivity index (χ3v) is 4.65. The molecule has 0 aromatic carbocycles. The summed E-state index contributed by atoms with van der Waals surface area (Å²) in [7, 11) is 0. The lowest BCUT2D eigenvalue weighted by Crippen LogP contribution is -2.22. The molecule has 0 saturated heterocycles. The fourth-order valence-corrected chi connectivity index (χ4v) is 3.55. The van der Waals surface area contributed by atoms with Gasteiger partial charge in [-0.1, -0.05) is 25.7 Å². The maximum absolute atomic E-state index is 4.61. The quantitative estimate of drug-likeness (QED) is 0.847. The minimum absolute atomic E-state index is 0.418. The Kier molecular flexibility index (Phi) is 5.03. The molecule has 1 aliphatic rings. The number of hydrogen-bond acceptors (Lipinski definition) is 2. The van der Waals surface area contributed by atoms with Crippen LogP contribution in [0.4, 0.5) is 0 Å². The lowest BCUT2D eigenvalue weighted by Gasteiger charge is -2.16. The summed E-state index contributed by atoms with van der Waals surface area (Å²) in [5.41, 5.74) is 3.90. The topological polar surface area (TPSA) is 29.9 Å². The Morgan fingerprint density at radius 2 is 2.00 bits per heavy atom. The van der Waals surface area contributed by atoms with E-state index >= 15 is 0 Å². The standard InChI is InChI=1S/C16H29N3/c1-5-19-14(4)16(13(3)18-19)12(2)17-11-10-15-8-6-7-9-15/h12,15,17H,5-11H2,1-4H3. The molecule has 1 aromatic heterocycles. The Morgan fingerprint density at radius 1 is 1.32 bits per heavy atom. The predicted molar refractivity (Wildman–Crippen MR) is 80.4 cm³/mol. The first-order chi connectivity index (χ1) is 9.13. The molecule has 1 N–H and O–H groups in total. The van der Waals surface area contributed by atoms with E-state index in [-0.39, 0.29) is 0 Å². The molecule has 1 unspecified atom stereocenters. The first-order valence-electron chi connectivity index (χ1n) is 7.90. The minimum Gasteiger partial charge on any atom is -0.310 e. The van der Waals surface area contributed by atoms with Crippen molar-refractivity contribution in [3.63, 3.8) is 0 Å². The maximum Gasteiger partial charge on any atom is 0.0644 e. The summed E-state index contributed by atoms with van der Waals surface area (Å²) in [6, 6.07) is 0.418. The third-order valence-electron chi connectivity index (χ3n) is 4.65. The number of aromatic nitrogens is 2. The van der Waals surface area contributed by atoms with Crippen LogP contribution in [0, 0.1) is 19.8 Å². The molecule has 1 aromatic rings. The monoisotopic (exact) mass is 263 g/mol. The highest BCUT2D eigenvalue weighted by Crippen LogP contribution is 2.27. The summed E-state index contributed by atoms with van der Waals surface area (Å²) in [5, 5.41) is 8.30. The Labute approximate surface area is 117 Å². The highest BCUT2D eigenvalue weighted by Gasteiger charge is 2.18. The van der Waals surface area contributed by atoms with E-state index in [9.17, 15) is 0 Å². The van der Waals surface area contributed by atoms with Crippen molar-refractivity contribution in [2.75, 3.05) is 6.54 Å². The Balaban J connectivity index is 1.88. The van der Waals surface area contributed by atoms with Crippen LogP contribution < -0.4 is 5.32 Å². The highest BCUT2D eigenvalue weighted by molar-refractivity contribution is 5.27. The molecule has 0 radical (unpaired) electrons. The first-order valence-corrected chi connectivity index (χ1v) is 7.90. The van der Waals surface area contributed by atoms with Crippen LogP contribution in [0.5, 0.6) is 0 Å². The lowest BCUT2D eigenvalue weighted by molar-refractivity contribution is 0.453. The molecular formula is C16H29N3. The molecule has 1 heterocycles. The summed E-state index contributed by atoms with van der Waals surface area (Å²) >= 11 is 0. The normalized spacial score (nSPS) is 18.1. The van der Waals surface area contributed by atoms with Crippen molar-refractivity contribution in [1.29, 1.82) is 0 Å². The van der Waals surface area contributed by atoms with Crippen LogP contribution in [0.15, 0.2) is 0 Å². The smallest absolute Gasteiger partial charge is 0.0644 e. The predicted octanol–water partition coefficient (Wildman–Crippen LogP) is 3.75. The van der Waals surface area contributed by atoms with Gasteiger partial charge in [-0.15, -0.1) is 0 Å². The second kappa shape index (κ2) is 6.56. The molecule has 108 valence electrons. The number of nitrogens with one attached hydrogen (secondary N) is 1. The van der Waals surface area contributed by atoms with Crippen LogP contribution in [0.1, 0.15) is 68.9 Å². The molecule has 1 fully saturated rings. The molecule has 2 rings (SSSR count). The third kappa shape index (κ3) is 3.38. The van der Waals surface area contributed by atoms with Gasteiger partial charge in [-0.25, -0.2) is 0 Å². The molecule has 0 aliphatic heterocycles. The largest absolute Gasteiger partial charge is 0.310 e. The van der Waals surface area contributed by atoms with Gasteiger partial charge in [0.05, 0.1) is 5.69 Å². The van der Waals surface area contributed by atoms with Crippen molar-refractivity contribution in [2.45, 2.75) is 72.4 Å². The van der Waals surface area contributed by atoms with E-state index in [1.807, 2.05) is 0 Å². The van der Waals surface area contributed by atoms with Crippen LogP contribution in [0.25, 0.3) is 0 Å². The Hall–Kier alpha value is -0.830. The molecule has 0 amide bonds. The molecule has 1 aliphatic carbocycles. The number of rotatable bonds is 6. The summed E-state index contributed by atoms with van der Waals surface area (Å²) < 4.78 is 2.11. The average molecular weight is 263 g/mol. The molecule has 19 heavy (non-hydrogen) atoms. The number of aryl methyl sites for hydroxylation is 2. The zero-order valence-corrected chi connectivity index (χ0v) is 13.0. The summed E-state index contributed by atoms with van der Waals surface area (Å²) in [6.45, 7) is 10.8. The fourth-order valence-electron chi connectivity index (χ4n) is 3.55. The van der Waals surface area contributed by atoms with E-state index in [2.05, 4.69) is 42.8 Å². The zero-order valence-electron chi connectivity index (χ0n) is 13.0. The molecule has 3 heteroatoms. The molecule has 3 nitrogen and oxygen atoms in total. The van der Waals surface area contributed by atoms with Crippen LogP contribution >= 0.6 is 0 Å². The Bertz CT molecular complexity index is 402. The van der Waals surface area contributed by atoms with Gasteiger partial charge >= 0.3 is 0 Å². The van der Waals surface area contributed by atoms with E-state index in [0.717, 1.165) is 19.0 Å². The van der Waals surface area contributed by atoms with Crippen molar-refractivity contribution in [3.05, 3.63) is 17.0 Å². The summed E-state index contributed by atoms with van der Waals surface area (Å²) in [5.74, 6) is 0.972. The van der Waals surface area contributed by atoms with Gasteiger partial charge in [0.2, 0.25) is 0 Å². The molecule has 1 saturated carbocycles. The molecule has 0 spiro atoms. The van der Waals surface area contributed by atoms with Gasteiger partial charge in [0.15, 0.2) is 0 Å². The average Bonchev–Trinajstić information content (AvgIpc) is 2.97. The molecular weight excluding hydrogens is 234 g/mol. The second-order valence-corrected chi connectivity index (χ2v) is 6.02. The van der Waals surface area contributed by atoms with Crippen molar-refractivity contribution < 1.29 is 0 Å². The van der Waals surface area contributed by atoms with Gasteiger partial charge in [0.1, 0.15) is 0 Å². The summed E-state index contributed by atoms with van der Waals surface area (Å²) in [4.78, 5) is 0. The van der Waals surface area contributed by atoms with Gasteiger partial charge in [0.25, 0.3) is 0 Å². The second-order valence-electron chi connectivity index (χ2n) is 6.02. The summed E-state index contributed by atoms with van der Waals surface area (Å²) in [6.07, 6.45) is 7.12. The highest BCUT2D eigenvalue weighted by atomic mass is 15.3. The zero-order chi connectivity index (χ0) is 13.8. The molecule has 1 atom stereocenters. The van der Waals surface area contributed by atoms with Crippen LogP contribution in [0.2, 0.25) is 0 Å². The van der Waals surface area contributed by atoms with Gasteiger partial charge in [-0.2, -0.15) is 5.10 Å². The van der Waals surface area contributed by atoms with E-state index in [0.29, 0.717) is 6.04 Å². The first kappa shape index (κ1) is 14.6. The SMILES string of the molecule is CCn1nc(C)c(C(C)NCCC2CCCC2)c1C. The van der Waals surface area contributed by atoms with E-state index in [1.165, 1.54) is 49.1 Å².